The average molecular weight is 222 g/mol. The number of hydrogen-bond donors (Lipinski definition) is 1. The molecule has 2 rings (SSSR count). The Hall–Kier alpha value is -0.670. The van der Waals surface area contributed by atoms with Crippen LogP contribution in [0.4, 0.5) is 0 Å². The van der Waals surface area contributed by atoms with Crippen LogP contribution >= 0.6 is 11.3 Å². The average Bonchev–Trinajstić information content (AvgIpc) is 2.66. The molecule has 0 amide bonds. The monoisotopic (exact) mass is 222 g/mol. The van der Waals surface area contributed by atoms with Gasteiger partial charge in [0.1, 0.15) is 5.01 Å². The summed E-state index contributed by atoms with van der Waals surface area (Å²) < 4.78 is 0. The van der Waals surface area contributed by atoms with Gasteiger partial charge < -0.3 is 5.32 Å². The highest BCUT2D eigenvalue weighted by Gasteiger charge is 2.14. The summed E-state index contributed by atoms with van der Waals surface area (Å²) in [5.41, 5.74) is 0. The van der Waals surface area contributed by atoms with Crippen molar-refractivity contribution >= 4 is 11.3 Å². The third-order valence-corrected chi connectivity index (χ3v) is 3.82. The zero-order valence-electron chi connectivity index (χ0n) is 9.36. The largest absolute Gasteiger partial charge is 0.302 e. The Bertz CT molecular complexity index is 343. The maximum Gasteiger partial charge on any atom is 0.109 e. The lowest BCUT2D eigenvalue weighted by atomic mass is 10.0. The van der Waals surface area contributed by atoms with Crippen LogP contribution in [-0.2, 0) is 0 Å². The van der Waals surface area contributed by atoms with Gasteiger partial charge in [-0.05, 0) is 33.1 Å². The third-order valence-electron chi connectivity index (χ3n) is 2.73. The molecule has 0 radical (unpaired) electrons. The van der Waals surface area contributed by atoms with Gasteiger partial charge in [0.15, 0.2) is 0 Å². The molecular formula is C12H18N2S. The first-order chi connectivity index (χ1) is 7.25. The molecular weight excluding hydrogens is 204 g/mol. The first-order valence-corrected chi connectivity index (χ1v) is 6.42. The lowest BCUT2D eigenvalue weighted by Crippen LogP contribution is -2.30. The summed E-state index contributed by atoms with van der Waals surface area (Å²) in [6.07, 6.45) is 10.3. The highest BCUT2D eigenvalue weighted by molar-refractivity contribution is 7.11. The van der Waals surface area contributed by atoms with Crippen molar-refractivity contribution in [1.82, 2.24) is 10.3 Å². The Morgan fingerprint density at radius 2 is 2.47 bits per heavy atom. The second-order valence-corrected chi connectivity index (χ2v) is 5.43. The van der Waals surface area contributed by atoms with Crippen molar-refractivity contribution < 1.29 is 0 Å². The number of rotatable bonds is 3. The maximum absolute atomic E-state index is 4.41. The van der Waals surface area contributed by atoms with Crippen LogP contribution in [0, 0.1) is 6.92 Å². The predicted octanol–water partition coefficient (Wildman–Crippen LogP) is 3.21. The number of aromatic nitrogens is 1. The molecule has 1 aromatic rings. The first kappa shape index (κ1) is 10.8. The van der Waals surface area contributed by atoms with Gasteiger partial charge >= 0.3 is 0 Å². The van der Waals surface area contributed by atoms with E-state index in [2.05, 4.69) is 36.3 Å². The Labute approximate surface area is 95.4 Å². The topological polar surface area (TPSA) is 24.9 Å². The zero-order valence-corrected chi connectivity index (χ0v) is 10.2. The summed E-state index contributed by atoms with van der Waals surface area (Å²) in [5.74, 6) is 0. The van der Waals surface area contributed by atoms with Crippen LogP contribution in [0.3, 0.4) is 0 Å². The van der Waals surface area contributed by atoms with Crippen molar-refractivity contribution in [3.05, 3.63) is 28.2 Å². The fourth-order valence-corrected chi connectivity index (χ4v) is 2.70. The normalized spacial score (nSPS) is 22.9. The van der Waals surface area contributed by atoms with Crippen LogP contribution in [0.25, 0.3) is 0 Å². The molecule has 0 saturated carbocycles. The van der Waals surface area contributed by atoms with Crippen molar-refractivity contribution in [1.29, 1.82) is 0 Å². The van der Waals surface area contributed by atoms with Crippen molar-refractivity contribution in [3.8, 4) is 0 Å². The van der Waals surface area contributed by atoms with E-state index in [1.165, 1.54) is 29.1 Å². The van der Waals surface area contributed by atoms with Gasteiger partial charge in [-0.15, -0.1) is 11.3 Å². The molecule has 1 aliphatic rings. The molecule has 1 aliphatic carbocycles. The van der Waals surface area contributed by atoms with Gasteiger partial charge in [-0.2, -0.15) is 0 Å². The molecule has 1 heterocycles. The Morgan fingerprint density at radius 3 is 3.07 bits per heavy atom. The van der Waals surface area contributed by atoms with Gasteiger partial charge in [0.05, 0.1) is 6.04 Å². The van der Waals surface area contributed by atoms with Crippen molar-refractivity contribution in [2.75, 3.05) is 0 Å². The summed E-state index contributed by atoms with van der Waals surface area (Å²) in [6.45, 7) is 4.30. The number of thiazole rings is 1. The van der Waals surface area contributed by atoms with E-state index >= 15 is 0 Å². The molecule has 2 nitrogen and oxygen atoms in total. The van der Waals surface area contributed by atoms with E-state index in [1.54, 1.807) is 11.3 Å². The summed E-state index contributed by atoms with van der Waals surface area (Å²) >= 11 is 1.79. The van der Waals surface area contributed by atoms with E-state index in [0.717, 1.165) is 0 Å². The Morgan fingerprint density at radius 1 is 1.60 bits per heavy atom. The van der Waals surface area contributed by atoms with Crippen molar-refractivity contribution in [2.45, 2.75) is 45.2 Å². The van der Waals surface area contributed by atoms with E-state index in [-0.39, 0.29) is 0 Å². The van der Waals surface area contributed by atoms with Gasteiger partial charge in [-0.25, -0.2) is 4.98 Å². The molecule has 0 aliphatic heterocycles. The minimum Gasteiger partial charge on any atom is -0.302 e. The summed E-state index contributed by atoms with van der Waals surface area (Å²) in [4.78, 5) is 5.70. The Balaban J connectivity index is 1.94. The second kappa shape index (κ2) is 4.90. The fraction of sp³-hybridized carbons (Fsp3) is 0.583. The minimum atomic E-state index is 0.372. The van der Waals surface area contributed by atoms with E-state index in [0.29, 0.717) is 12.1 Å². The minimum absolute atomic E-state index is 0.372. The number of aryl methyl sites for hydroxylation is 1. The lowest BCUT2D eigenvalue weighted by Gasteiger charge is -2.21. The van der Waals surface area contributed by atoms with Crippen LogP contribution < -0.4 is 5.32 Å². The molecule has 1 aromatic heterocycles. The molecule has 0 saturated heterocycles. The van der Waals surface area contributed by atoms with Crippen LogP contribution in [0.5, 0.6) is 0 Å². The highest BCUT2D eigenvalue weighted by atomic mass is 32.1. The number of allylic oxidation sites excluding steroid dienone is 1. The van der Waals surface area contributed by atoms with Gasteiger partial charge in [0.25, 0.3) is 0 Å². The third kappa shape index (κ3) is 2.89. The molecule has 82 valence electrons. The van der Waals surface area contributed by atoms with Crippen molar-refractivity contribution in [2.24, 2.45) is 0 Å². The summed E-state index contributed by atoms with van der Waals surface area (Å²) in [6, 6.07) is 0.911. The maximum atomic E-state index is 4.41. The smallest absolute Gasteiger partial charge is 0.109 e. The van der Waals surface area contributed by atoms with Crippen LogP contribution in [0.1, 0.15) is 42.1 Å². The van der Waals surface area contributed by atoms with Gasteiger partial charge in [-0.1, -0.05) is 12.2 Å². The molecule has 3 heteroatoms. The molecule has 15 heavy (non-hydrogen) atoms. The number of nitrogens with one attached hydrogen (secondary N) is 1. The van der Waals surface area contributed by atoms with Gasteiger partial charge in [0.2, 0.25) is 0 Å². The van der Waals surface area contributed by atoms with Crippen LogP contribution in [-0.4, -0.2) is 11.0 Å². The molecule has 0 fully saturated rings. The molecule has 1 N–H and O–H groups in total. The number of hydrogen-bond acceptors (Lipinski definition) is 3. The lowest BCUT2D eigenvalue weighted by molar-refractivity contribution is 0.466. The SMILES string of the molecule is Cc1cnc(C(C)NC2C=CCCC2)s1. The van der Waals surface area contributed by atoms with Gasteiger partial charge in [-0.3, -0.25) is 0 Å². The quantitative estimate of drug-likeness (QED) is 0.794. The van der Waals surface area contributed by atoms with E-state index < -0.39 is 0 Å². The van der Waals surface area contributed by atoms with E-state index in [9.17, 15) is 0 Å². The molecule has 0 spiro atoms. The van der Waals surface area contributed by atoms with Gasteiger partial charge in [0, 0.05) is 17.1 Å². The summed E-state index contributed by atoms with van der Waals surface area (Å²) in [5, 5.41) is 4.81. The Kier molecular flexibility index (Phi) is 3.54. The zero-order chi connectivity index (χ0) is 10.7. The highest BCUT2D eigenvalue weighted by Crippen LogP contribution is 2.21. The second-order valence-electron chi connectivity index (χ2n) is 4.16. The standard InChI is InChI=1S/C12H18N2S/c1-9-8-13-12(15-9)10(2)14-11-6-4-3-5-7-11/h4,6,8,10-11,14H,3,5,7H2,1-2H3. The first-order valence-electron chi connectivity index (χ1n) is 5.61. The fourth-order valence-electron chi connectivity index (χ4n) is 1.92. The molecule has 0 aromatic carbocycles. The molecule has 2 unspecified atom stereocenters. The molecule has 0 bridgehead atoms. The number of nitrogens with zero attached hydrogens (tertiary/aromatic N) is 1. The van der Waals surface area contributed by atoms with E-state index in [4.69, 9.17) is 0 Å². The van der Waals surface area contributed by atoms with E-state index in [1.807, 2.05) is 6.20 Å². The van der Waals surface area contributed by atoms with Crippen molar-refractivity contribution in [3.63, 3.8) is 0 Å². The predicted molar refractivity (Wildman–Crippen MR) is 65.2 cm³/mol. The van der Waals surface area contributed by atoms with Crippen LogP contribution in [0.2, 0.25) is 0 Å². The summed E-state index contributed by atoms with van der Waals surface area (Å²) in [7, 11) is 0. The van der Waals surface area contributed by atoms with Crippen LogP contribution in [0.15, 0.2) is 18.3 Å². The molecule has 2 atom stereocenters.